The number of hydrogen-bond donors (Lipinski definition) is 1. The van der Waals surface area contributed by atoms with E-state index < -0.39 is 0 Å². The van der Waals surface area contributed by atoms with E-state index >= 15 is 0 Å². The second-order valence-electron chi connectivity index (χ2n) is 5.93. The predicted molar refractivity (Wildman–Crippen MR) is 80.6 cm³/mol. The lowest BCUT2D eigenvalue weighted by Gasteiger charge is -2.06. The van der Waals surface area contributed by atoms with E-state index in [-0.39, 0.29) is 5.91 Å². The molecule has 0 saturated carbocycles. The summed E-state index contributed by atoms with van der Waals surface area (Å²) in [6.45, 7) is 9.00. The van der Waals surface area contributed by atoms with Crippen molar-refractivity contribution in [1.29, 1.82) is 0 Å². The van der Waals surface area contributed by atoms with Gasteiger partial charge in [-0.2, -0.15) is 0 Å². The molecule has 0 fully saturated rings. The van der Waals surface area contributed by atoms with E-state index in [1.807, 2.05) is 13.8 Å². The molecule has 1 aromatic heterocycles. The van der Waals surface area contributed by atoms with Crippen LogP contribution >= 0.6 is 0 Å². The van der Waals surface area contributed by atoms with Gasteiger partial charge in [-0.3, -0.25) is 4.79 Å². The Morgan fingerprint density at radius 2 is 1.90 bits per heavy atom. The number of amides is 1. The normalized spacial score (nSPS) is 11.1. The van der Waals surface area contributed by atoms with Crippen LogP contribution in [0.1, 0.15) is 63.0 Å². The van der Waals surface area contributed by atoms with E-state index in [2.05, 4.69) is 24.3 Å². The zero-order chi connectivity index (χ0) is 15.0. The van der Waals surface area contributed by atoms with Gasteiger partial charge in [-0.1, -0.05) is 44.7 Å². The van der Waals surface area contributed by atoms with Crippen LogP contribution in [0.4, 0.5) is 0 Å². The van der Waals surface area contributed by atoms with Crippen molar-refractivity contribution in [3.8, 4) is 0 Å². The molecule has 20 heavy (non-hydrogen) atoms. The van der Waals surface area contributed by atoms with Crippen LogP contribution in [-0.4, -0.2) is 17.6 Å². The average molecular weight is 280 g/mol. The van der Waals surface area contributed by atoms with Gasteiger partial charge in [-0.15, -0.1) is 0 Å². The second kappa shape index (κ2) is 8.77. The molecule has 0 atom stereocenters. The van der Waals surface area contributed by atoms with Crippen LogP contribution in [0.5, 0.6) is 0 Å². The summed E-state index contributed by atoms with van der Waals surface area (Å²) < 4.78 is 5.06. The minimum absolute atomic E-state index is 0.0570. The van der Waals surface area contributed by atoms with Crippen LogP contribution in [0.2, 0.25) is 0 Å². The van der Waals surface area contributed by atoms with Gasteiger partial charge in [-0.25, -0.2) is 0 Å². The van der Waals surface area contributed by atoms with Crippen LogP contribution in [0.3, 0.4) is 0 Å². The Labute approximate surface area is 122 Å². The van der Waals surface area contributed by atoms with Crippen LogP contribution < -0.4 is 5.32 Å². The molecule has 0 radical (unpaired) electrons. The van der Waals surface area contributed by atoms with Gasteiger partial charge in [-0.05, 0) is 26.2 Å². The Hall–Kier alpha value is -1.32. The minimum atomic E-state index is 0.0570. The van der Waals surface area contributed by atoms with Crippen LogP contribution in [0.15, 0.2) is 4.52 Å². The van der Waals surface area contributed by atoms with E-state index in [1.54, 1.807) is 0 Å². The van der Waals surface area contributed by atoms with E-state index in [0.717, 1.165) is 35.9 Å². The molecular formula is C16H28N2O2. The molecule has 0 bridgehead atoms. The highest BCUT2D eigenvalue weighted by atomic mass is 16.5. The van der Waals surface area contributed by atoms with Gasteiger partial charge in [0, 0.05) is 12.1 Å². The van der Waals surface area contributed by atoms with E-state index in [9.17, 15) is 4.79 Å². The lowest BCUT2D eigenvalue weighted by Crippen LogP contribution is -2.26. The Bertz CT molecular complexity index is 391. The zero-order valence-electron chi connectivity index (χ0n) is 13.3. The maximum atomic E-state index is 11.8. The zero-order valence-corrected chi connectivity index (χ0v) is 13.3. The number of rotatable bonds is 9. The first-order valence-electron chi connectivity index (χ1n) is 7.69. The fraction of sp³-hybridized carbons (Fsp3) is 0.750. The topological polar surface area (TPSA) is 55.1 Å². The van der Waals surface area contributed by atoms with Crippen molar-refractivity contribution in [3.05, 3.63) is 17.0 Å². The molecule has 1 N–H and O–H groups in total. The van der Waals surface area contributed by atoms with Crippen LogP contribution in [-0.2, 0) is 11.2 Å². The monoisotopic (exact) mass is 280 g/mol. The summed E-state index contributed by atoms with van der Waals surface area (Å²) in [5.74, 6) is 1.60. The van der Waals surface area contributed by atoms with Gasteiger partial charge in [0.15, 0.2) is 0 Å². The van der Waals surface area contributed by atoms with Gasteiger partial charge in [0.1, 0.15) is 5.76 Å². The maximum absolute atomic E-state index is 11.8. The molecule has 1 rings (SSSR count). The number of aryl methyl sites for hydroxylation is 2. The lowest BCUT2D eigenvalue weighted by atomic mass is 10.0. The van der Waals surface area contributed by atoms with Gasteiger partial charge >= 0.3 is 0 Å². The molecule has 0 spiro atoms. The van der Waals surface area contributed by atoms with Crippen molar-refractivity contribution in [1.82, 2.24) is 10.5 Å². The van der Waals surface area contributed by atoms with Crippen LogP contribution in [0, 0.1) is 19.8 Å². The summed E-state index contributed by atoms with van der Waals surface area (Å²) in [7, 11) is 0. The number of nitrogens with zero attached hydrogens (tertiary/aromatic N) is 1. The molecule has 4 heteroatoms. The summed E-state index contributed by atoms with van der Waals surface area (Å²) in [6, 6.07) is 0. The predicted octanol–water partition coefficient (Wildman–Crippen LogP) is 3.56. The third kappa shape index (κ3) is 6.22. The Kier molecular flexibility index (Phi) is 7.34. The molecule has 0 aromatic carbocycles. The Morgan fingerprint density at radius 3 is 2.50 bits per heavy atom. The first kappa shape index (κ1) is 16.7. The fourth-order valence-corrected chi connectivity index (χ4v) is 2.24. The number of hydrogen-bond acceptors (Lipinski definition) is 3. The molecule has 1 heterocycles. The van der Waals surface area contributed by atoms with Gasteiger partial charge in [0.05, 0.1) is 12.1 Å². The smallest absolute Gasteiger partial charge is 0.224 e. The first-order valence-corrected chi connectivity index (χ1v) is 7.69. The van der Waals surface area contributed by atoms with Crippen molar-refractivity contribution >= 4 is 5.91 Å². The largest absolute Gasteiger partial charge is 0.361 e. The lowest BCUT2D eigenvalue weighted by molar-refractivity contribution is -0.120. The molecule has 4 nitrogen and oxygen atoms in total. The first-order chi connectivity index (χ1) is 9.50. The van der Waals surface area contributed by atoms with Crippen LogP contribution in [0.25, 0.3) is 0 Å². The third-order valence-corrected chi connectivity index (χ3v) is 3.55. The standard InChI is InChI=1S/C16H28N2O2/c1-12(2)9-7-5-6-8-10-17-16(19)11-15-13(3)18-20-14(15)4/h12H,5-11H2,1-4H3,(H,17,19). The minimum Gasteiger partial charge on any atom is -0.361 e. The highest BCUT2D eigenvalue weighted by Gasteiger charge is 2.12. The molecule has 114 valence electrons. The molecule has 1 aromatic rings. The Morgan fingerprint density at radius 1 is 1.20 bits per heavy atom. The summed E-state index contributed by atoms with van der Waals surface area (Å²) in [5.41, 5.74) is 1.73. The molecule has 0 aliphatic heterocycles. The van der Waals surface area contributed by atoms with Crippen molar-refractivity contribution < 1.29 is 9.32 Å². The highest BCUT2D eigenvalue weighted by molar-refractivity contribution is 5.78. The quantitative estimate of drug-likeness (QED) is 0.704. The van der Waals surface area contributed by atoms with Gasteiger partial charge in [0.25, 0.3) is 0 Å². The third-order valence-electron chi connectivity index (χ3n) is 3.55. The molecule has 0 aliphatic rings. The number of carbonyl (C=O) groups excluding carboxylic acids is 1. The highest BCUT2D eigenvalue weighted by Crippen LogP contribution is 2.12. The maximum Gasteiger partial charge on any atom is 0.224 e. The number of nitrogens with one attached hydrogen (secondary N) is 1. The summed E-state index contributed by atoms with van der Waals surface area (Å²) >= 11 is 0. The van der Waals surface area contributed by atoms with Crippen molar-refractivity contribution in [2.45, 2.75) is 66.2 Å². The van der Waals surface area contributed by atoms with E-state index in [0.29, 0.717) is 6.42 Å². The molecule has 1 amide bonds. The van der Waals surface area contributed by atoms with Gasteiger partial charge in [0.2, 0.25) is 5.91 Å². The number of aromatic nitrogens is 1. The van der Waals surface area contributed by atoms with Crippen molar-refractivity contribution in [2.24, 2.45) is 5.92 Å². The Balaban J connectivity index is 2.09. The molecule has 0 unspecified atom stereocenters. The average Bonchev–Trinajstić information content (AvgIpc) is 2.69. The van der Waals surface area contributed by atoms with E-state index in [4.69, 9.17) is 4.52 Å². The molecule has 0 aliphatic carbocycles. The van der Waals surface area contributed by atoms with Gasteiger partial charge < -0.3 is 9.84 Å². The summed E-state index contributed by atoms with van der Waals surface area (Å²) in [4.78, 5) is 11.8. The van der Waals surface area contributed by atoms with E-state index in [1.165, 1.54) is 25.7 Å². The van der Waals surface area contributed by atoms with Crippen molar-refractivity contribution in [3.63, 3.8) is 0 Å². The fourth-order valence-electron chi connectivity index (χ4n) is 2.24. The molecule has 0 saturated heterocycles. The summed E-state index contributed by atoms with van der Waals surface area (Å²) in [5, 5.41) is 6.83. The second-order valence-corrected chi connectivity index (χ2v) is 5.93. The molecular weight excluding hydrogens is 252 g/mol. The van der Waals surface area contributed by atoms with Crippen molar-refractivity contribution in [2.75, 3.05) is 6.54 Å². The number of carbonyl (C=O) groups is 1. The summed E-state index contributed by atoms with van der Waals surface area (Å²) in [6.07, 6.45) is 6.49. The number of unbranched alkanes of at least 4 members (excludes halogenated alkanes) is 3. The SMILES string of the molecule is Cc1noc(C)c1CC(=O)NCCCCCCC(C)C.